The number of nitrogens with zero attached hydrogens (tertiary/aromatic N) is 2. The van der Waals surface area contributed by atoms with E-state index in [0.717, 1.165) is 66.7 Å². The van der Waals surface area contributed by atoms with Gasteiger partial charge in [-0.2, -0.15) is 0 Å². The lowest BCUT2D eigenvalue weighted by molar-refractivity contribution is -0.00257. The summed E-state index contributed by atoms with van der Waals surface area (Å²) < 4.78 is 6.76. The minimum Gasteiger partial charge on any atom is -0.390 e. The Labute approximate surface area is 215 Å². The Balaban J connectivity index is 1.32. The van der Waals surface area contributed by atoms with Crippen LogP contribution in [0.5, 0.6) is 0 Å². The molecule has 2 fully saturated rings. The van der Waals surface area contributed by atoms with Crippen molar-refractivity contribution in [2.45, 2.75) is 70.1 Å². The Morgan fingerprint density at radius 2 is 1.94 bits per heavy atom. The quantitative estimate of drug-likeness (QED) is 0.351. The summed E-state index contributed by atoms with van der Waals surface area (Å²) in [5, 5.41) is 20.5. The number of carbonyl (C=O) groups excluding carboxylic acids is 1. The van der Waals surface area contributed by atoms with Crippen LogP contribution in [0.2, 0.25) is 0 Å². The minimum atomic E-state index is -0.675. The number of thiazole rings is 1. The van der Waals surface area contributed by atoms with Crippen LogP contribution in [0.1, 0.15) is 62.7 Å². The molecular weight excluding hydrogens is 474 g/mol. The van der Waals surface area contributed by atoms with E-state index in [1.807, 2.05) is 37.6 Å². The highest BCUT2D eigenvalue weighted by Gasteiger charge is 2.32. The van der Waals surface area contributed by atoms with Crippen molar-refractivity contribution in [3.63, 3.8) is 0 Å². The van der Waals surface area contributed by atoms with E-state index >= 15 is 0 Å². The molecule has 1 atom stereocenters. The lowest BCUT2D eigenvalue weighted by atomic mass is 9.77. The Morgan fingerprint density at radius 1 is 1.11 bits per heavy atom. The first-order chi connectivity index (χ1) is 17.3. The first kappa shape index (κ1) is 24.9. The lowest BCUT2D eigenvalue weighted by Crippen LogP contribution is -2.42. The average Bonchev–Trinajstić information content (AvgIpc) is 3.33. The van der Waals surface area contributed by atoms with Gasteiger partial charge in [-0.25, -0.2) is 9.97 Å². The first-order valence-electron chi connectivity index (χ1n) is 12.8. The number of fused-ring (bicyclic) bond motifs is 1. The van der Waals surface area contributed by atoms with Gasteiger partial charge in [0.05, 0.1) is 39.2 Å². The third-order valence-corrected chi connectivity index (χ3v) is 8.13. The van der Waals surface area contributed by atoms with Crippen LogP contribution in [0.15, 0.2) is 36.0 Å². The topological polar surface area (TPSA) is 108 Å². The Kier molecular flexibility index (Phi) is 7.41. The molecule has 192 valence electrons. The van der Waals surface area contributed by atoms with E-state index in [2.05, 4.69) is 32.0 Å². The molecule has 1 amide bonds. The SMILES string of the molecule is CC(C)(O)C1CCC(NC(=O)c2cnc(Nc3ccc4ncsc4c3)cc2NC2CCCOC2)CC1. The van der Waals surface area contributed by atoms with E-state index in [1.54, 1.807) is 17.5 Å². The molecule has 2 aromatic heterocycles. The summed E-state index contributed by atoms with van der Waals surface area (Å²) in [6.45, 7) is 5.15. The molecule has 9 heteroatoms. The largest absolute Gasteiger partial charge is 0.390 e. The zero-order chi connectivity index (χ0) is 25.1. The second kappa shape index (κ2) is 10.7. The monoisotopic (exact) mass is 509 g/mol. The fourth-order valence-electron chi connectivity index (χ4n) is 5.19. The molecule has 0 spiro atoms. The molecule has 1 unspecified atom stereocenters. The van der Waals surface area contributed by atoms with Gasteiger partial charge < -0.3 is 25.8 Å². The molecule has 0 radical (unpaired) electrons. The van der Waals surface area contributed by atoms with Gasteiger partial charge in [0.25, 0.3) is 5.91 Å². The number of carbonyl (C=O) groups is 1. The number of aliphatic hydroxyl groups is 1. The maximum atomic E-state index is 13.3. The van der Waals surface area contributed by atoms with Gasteiger partial charge in [-0.1, -0.05) is 0 Å². The molecule has 3 heterocycles. The van der Waals surface area contributed by atoms with Crippen molar-refractivity contribution in [3.05, 3.63) is 41.5 Å². The molecular formula is C27H35N5O3S. The third kappa shape index (κ3) is 5.96. The van der Waals surface area contributed by atoms with Crippen molar-refractivity contribution in [2.75, 3.05) is 23.8 Å². The van der Waals surface area contributed by atoms with Crippen LogP contribution in [0.4, 0.5) is 17.2 Å². The van der Waals surface area contributed by atoms with Crippen LogP contribution in [0, 0.1) is 5.92 Å². The van der Waals surface area contributed by atoms with E-state index in [4.69, 9.17) is 4.74 Å². The number of ether oxygens (including phenoxy) is 1. The number of rotatable bonds is 7. The second-order valence-corrected chi connectivity index (χ2v) is 11.4. The molecule has 1 saturated carbocycles. The zero-order valence-electron chi connectivity index (χ0n) is 20.9. The number of anilines is 3. The second-order valence-electron chi connectivity index (χ2n) is 10.5. The zero-order valence-corrected chi connectivity index (χ0v) is 21.7. The molecule has 3 aromatic rings. The summed E-state index contributed by atoms with van der Waals surface area (Å²) >= 11 is 1.60. The highest BCUT2D eigenvalue weighted by atomic mass is 32.1. The molecule has 36 heavy (non-hydrogen) atoms. The molecule has 1 aliphatic heterocycles. The highest BCUT2D eigenvalue weighted by molar-refractivity contribution is 7.16. The van der Waals surface area contributed by atoms with Crippen molar-refractivity contribution in [3.8, 4) is 0 Å². The first-order valence-corrected chi connectivity index (χ1v) is 13.7. The number of hydrogen-bond acceptors (Lipinski definition) is 8. The number of hydrogen-bond donors (Lipinski definition) is 4. The smallest absolute Gasteiger partial charge is 0.255 e. The van der Waals surface area contributed by atoms with Crippen molar-refractivity contribution in [1.29, 1.82) is 0 Å². The van der Waals surface area contributed by atoms with Gasteiger partial charge in [-0.3, -0.25) is 4.79 Å². The number of amides is 1. The minimum absolute atomic E-state index is 0.103. The Morgan fingerprint density at radius 3 is 2.69 bits per heavy atom. The maximum Gasteiger partial charge on any atom is 0.255 e. The summed E-state index contributed by atoms with van der Waals surface area (Å²) in [6.07, 6.45) is 7.19. The van der Waals surface area contributed by atoms with Gasteiger partial charge >= 0.3 is 0 Å². The number of nitrogens with one attached hydrogen (secondary N) is 3. The molecule has 0 bridgehead atoms. The summed E-state index contributed by atoms with van der Waals surface area (Å²) in [5.41, 5.74) is 4.35. The van der Waals surface area contributed by atoms with Gasteiger partial charge in [0, 0.05) is 36.6 Å². The standard InChI is InChI=1S/C27H35N5O3S/c1-27(2,34)17-5-7-18(8-6-17)32-26(33)21-14-28-25(13-23(21)30-20-4-3-11-35-15-20)31-19-9-10-22-24(12-19)36-16-29-22/h9-10,12-14,16-18,20,34H,3-8,11,15H2,1-2H3,(H,32,33)(H2,28,30,31). The van der Waals surface area contributed by atoms with Crippen LogP contribution in [-0.2, 0) is 4.74 Å². The fraction of sp³-hybridized carbons (Fsp3) is 0.519. The van der Waals surface area contributed by atoms with E-state index in [-0.39, 0.29) is 23.9 Å². The fourth-order valence-corrected chi connectivity index (χ4v) is 5.90. The number of pyridine rings is 1. The van der Waals surface area contributed by atoms with Crippen LogP contribution >= 0.6 is 11.3 Å². The van der Waals surface area contributed by atoms with Crippen molar-refractivity contribution in [2.24, 2.45) is 5.92 Å². The van der Waals surface area contributed by atoms with Crippen LogP contribution in [-0.4, -0.2) is 51.9 Å². The molecule has 4 N–H and O–H groups in total. The van der Waals surface area contributed by atoms with Crippen molar-refractivity contribution >= 4 is 44.7 Å². The predicted molar refractivity (Wildman–Crippen MR) is 144 cm³/mol. The third-order valence-electron chi connectivity index (χ3n) is 7.33. The molecule has 1 saturated heterocycles. The van der Waals surface area contributed by atoms with E-state index in [0.29, 0.717) is 18.0 Å². The molecule has 2 aliphatic rings. The van der Waals surface area contributed by atoms with Gasteiger partial charge in [0.2, 0.25) is 0 Å². The van der Waals surface area contributed by atoms with Crippen LogP contribution in [0.25, 0.3) is 10.2 Å². The molecule has 8 nitrogen and oxygen atoms in total. The van der Waals surface area contributed by atoms with E-state index < -0.39 is 5.60 Å². The van der Waals surface area contributed by atoms with Gasteiger partial charge in [-0.15, -0.1) is 11.3 Å². The Bertz CT molecular complexity index is 1190. The van der Waals surface area contributed by atoms with Gasteiger partial charge in [0.15, 0.2) is 0 Å². The summed E-state index contributed by atoms with van der Waals surface area (Å²) in [7, 11) is 0. The predicted octanol–water partition coefficient (Wildman–Crippen LogP) is 5.09. The molecule has 1 aliphatic carbocycles. The number of aromatic nitrogens is 2. The number of benzene rings is 1. The normalized spacial score (nSPS) is 22.8. The van der Waals surface area contributed by atoms with E-state index in [9.17, 15) is 9.90 Å². The lowest BCUT2D eigenvalue weighted by Gasteiger charge is -2.36. The average molecular weight is 510 g/mol. The Hall–Kier alpha value is -2.75. The maximum absolute atomic E-state index is 13.3. The van der Waals surface area contributed by atoms with Gasteiger partial charge in [0.1, 0.15) is 5.82 Å². The highest BCUT2D eigenvalue weighted by Crippen LogP contribution is 2.33. The summed E-state index contributed by atoms with van der Waals surface area (Å²) in [4.78, 5) is 22.2. The van der Waals surface area contributed by atoms with Crippen LogP contribution < -0.4 is 16.0 Å². The van der Waals surface area contributed by atoms with E-state index in [1.165, 1.54) is 0 Å². The van der Waals surface area contributed by atoms with Gasteiger partial charge in [-0.05, 0) is 76.5 Å². The van der Waals surface area contributed by atoms with Crippen molar-refractivity contribution < 1.29 is 14.6 Å². The van der Waals surface area contributed by atoms with Crippen molar-refractivity contribution in [1.82, 2.24) is 15.3 Å². The summed E-state index contributed by atoms with van der Waals surface area (Å²) in [6, 6.07) is 8.19. The molecule has 1 aromatic carbocycles. The summed E-state index contributed by atoms with van der Waals surface area (Å²) in [5.74, 6) is 0.816. The molecule has 5 rings (SSSR count). The van der Waals surface area contributed by atoms with Crippen LogP contribution in [0.3, 0.4) is 0 Å².